The topological polar surface area (TPSA) is 62.5 Å². The molecule has 5 heteroatoms. The Hall–Kier alpha value is -1.62. The SMILES string of the molecule is Oc1cccn2nc(CC3CCNCC3)nc12. The van der Waals surface area contributed by atoms with Crippen molar-refractivity contribution in [3.05, 3.63) is 24.2 Å². The van der Waals surface area contributed by atoms with Crippen LogP contribution in [0.15, 0.2) is 18.3 Å². The number of hydrogen-bond donors (Lipinski definition) is 2. The second-order valence-electron chi connectivity index (χ2n) is 4.59. The lowest BCUT2D eigenvalue weighted by molar-refractivity contribution is 0.367. The third-order valence-electron chi connectivity index (χ3n) is 3.32. The van der Waals surface area contributed by atoms with Gasteiger partial charge in [-0.05, 0) is 44.0 Å². The molecule has 2 N–H and O–H groups in total. The zero-order chi connectivity index (χ0) is 11.7. The zero-order valence-electron chi connectivity index (χ0n) is 9.63. The van der Waals surface area contributed by atoms with Crippen molar-refractivity contribution in [2.24, 2.45) is 5.92 Å². The van der Waals surface area contributed by atoms with E-state index >= 15 is 0 Å². The van der Waals surface area contributed by atoms with E-state index in [0.717, 1.165) is 25.3 Å². The summed E-state index contributed by atoms with van der Waals surface area (Å²) in [5.41, 5.74) is 0.552. The van der Waals surface area contributed by atoms with Crippen molar-refractivity contribution < 1.29 is 5.11 Å². The maximum atomic E-state index is 9.66. The average molecular weight is 232 g/mol. The molecule has 1 aliphatic rings. The highest BCUT2D eigenvalue weighted by molar-refractivity contribution is 5.51. The van der Waals surface area contributed by atoms with Gasteiger partial charge in [0.2, 0.25) is 0 Å². The third kappa shape index (κ3) is 2.10. The van der Waals surface area contributed by atoms with Gasteiger partial charge in [0.15, 0.2) is 17.2 Å². The van der Waals surface area contributed by atoms with E-state index in [9.17, 15) is 5.11 Å². The Bertz CT molecular complexity index is 516. The van der Waals surface area contributed by atoms with Gasteiger partial charge in [-0.25, -0.2) is 9.50 Å². The number of hydrogen-bond acceptors (Lipinski definition) is 4. The predicted molar refractivity (Wildman–Crippen MR) is 63.9 cm³/mol. The minimum Gasteiger partial charge on any atom is -0.504 e. The highest BCUT2D eigenvalue weighted by Gasteiger charge is 2.16. The minimum absolute atomic E-state index is 0.191. The number of pyridine rings is 1. The van der Waals surface area contributed by atoms with Crippen LogP contribution in [0.25, 0.3) is 5.65 Å². The quantitative estimate of drug-likeness (QED) is 0.810. The fourth-order valence-corrected chi connectivity index (χ4v) is 2.37. The van der Waals surface area contributed by atoms with Gasteiger partial charge in [0, 0.05) is 12.6 Å². The molecule has 0 aliphatic carbocycles. The summed E-state index contributed by atoms with van der Waals surface area (Å²) in [6.45, 7) is 2.17. The molecule has 0 unspecified atom stereocenters. The number of piperidine rings is 1. The van der Waals surface area contributed by atoms with E-state index < -0.39 is 0 Å². The summed E-state index contributed by atoms with van der Waals surface area (Å²) < 4.78 is 1.64. The van der Waals surface area contributed by atoms with Crippen molar-refractivity contribution in [2.45, 2.75) is 19.3 Å². The number of nitrogens with one attached hydrogen (secondary N) is 1. The molecule has 0 saturated carbocycles. The Labute approximate surface area is 99.5 Å². The van der Waals surface area contributed by atoms with Crippen molar-refractivity contribution in [2.75, 3.05) is 13.1 Å². The standard InChI is InChI=1S/C12H16N4O/c17-10-2-1-7-16-12(10)14-11(15-16)8-9-3-5-13-6-4-9/h1-2,7,9,13,17H,3-6,8H2. The molecule has 0 bridgehead atoms. The lowest BCUT2D eigenvalue weighted by atomic mass is 9.94. The van der Waals surface area contributed by atoms with Crippen LogP contribution in [0, 0.1) is 5.92 Å². The molecular formula is C12H16N4O. The van der Waals surface area contributed by atoms with Crippen LogP contribution in [0.3, 0.4) is 0 Å². The van der Waals surface area contributed by atoms with Gasteiger partial charge in [-0.2, -0.15) is 5.10 Å². The maximum absolute atomic E-state index is 9.66. The Morgan fingerprint density at radius 2 is 2.24 bits per heavy atom. The normalized spacial score (nSPS) is 17.6. The molecule has 2 aromatic rings. The average Bonchev–Trinajstić information content (AvgIpc) is 2.74. The third-order valence-corrected chi connectivity index (χ3v) is 3.32. The molecule has 17 heavy (non-hydrogen) atoms. The predicted octanol–water partition coefficient (Wildman–Crippen LogP) is 0.977. The van der Waals surface area contributed by atoms with Crippen LogP contribution in [0.5, 0.6) is 5.75 Å². The molecule has 1 aliphatic heterocycles. The van der Waals surface area contributed by atoms with E-state index in [2.05, 4.69) is 15.4 Å². The van der Waals surface area contributed by atoms with Crippen molar-refractivity contribution in [1.29, 1.82) is 0 Å². The van der Waals surface area contributed by atoms with Crippen molar-refractivity contribution in [1.82, 2.24) is 19.9 Å². The summed E-state index contributed by atoms with van der Waals surface area (Å²) in [4.78, 5) is 4.39. The zero-order valence-corrected chi connectivity index (χ0v) is 9.63. The second-order valence-corrected chi connectivity index (χ2v) is 4.59. The molecule has 5 nitrogen and oxygen atoms in total. The Kier molecular flexibility index (Phi) is 2.68. The molecule has 1 saturated heterocycles. The highest BCUT2D eigenvalue weighted by atomic mass is 16.3. The Balaban J connectivity index is 1.83. The number of fused-ring (bicyclic) bond motifs is 1. The van der Waals surface area contributed by atoms with Gasteiger partial charge in [0.1, 0.15) is 0 Å². The number of rotatable bonds is 2. The van der Waals surface area contributed by atoms with Gasteiger partial charge >= 0.3 is 0 Å². The monoisotopic (exact) mass is 232 g/mol. The molecule has 0 aromatic carbocycles. The van der Waals surface area contributed by atoms with Crippen molar-refractivity contribution in [3.63, 3.8) is 0 Å². The fraction of sp³-hybridized carbons (Fsp3) is 0.500. The summed E-state index contributed by atoms with van der Waals surface area (Å²) in [5, 5.41) is 17.4. The molecule has 3 heterocycles. The van der Waals surface area contributed by atoms with Gasteiger partial charge in [-0.1, -0.05) is 0 Å². The molecule has 1 fully saturated rings. The van der Waals surface area contributed by atoms with Crippen LogP contribution < -0.4 is 5.32 Å². The number of aromatic nitrogens is 3. The number of aromatic hydroxyl groups is 1. The molecule has 0 amide bonds. The minimum atomic E-state index is 0.191. The lowest BCUT2D eigenvalue weighted by Crippen LogP contribution is -2.28. The van der Waals surface area contributed by atoms with E-state index in [-0.39, 0.29) is 5.75 Å². The summed E-state index contributed by atoms with van der Waals surface area (Å²) in [6, 6.07) is 3.41. The molecule has 0 spiro atoms. The first-order valence-corrected chi connectivity index (χ1v) is 6.07. The van der Waals surface area contributed by atoms with Gasteiger partial charge in [-0.15, -0.1) is 0 Å². The van der Waals surface area contributed by atoms with E-state index in [1.165, 1.54) is 12.8 Å². The molecule has 0 atom stereocenters. The van der Waals surface area contributed by atoms with Crippen molar-refractivity contribution >= 4 is 5.65 Å². The summed E-state index contributed by atoms with van der Waals surface area (Å²) in [5.74, 6) is 1.69. The van der Waals surface area contributed by atoms with Crippen LogP contribution in [0.2, 0.25) is 0 Å². The van der Waals surface area contributed by atoms with Gasteiger partial charge in [-0.3, -0.25) is 0 Å². The van der Waals surface area contributed by atoms with Crippen LogP contribution in [0.4, 0.5) is 0 Å². The van der Waals surface area contributed by atoms with E-state index in [4.69, 9.17) is 0 Å². The smallest absolute Gasteiger partial charge is 0.197 e. The van der Waals surface area contributed by atoms with Crippen LogP contribution in [0.1, 0.15) is 18.7 Å². The van der Waals surface area contributed by atoms with Crippen molar-refractivity contribution in [3.8, 4) is 5.75 Å². The first-order chi connectivity index (χ1) is 8.33. The van der Waals surface area contributed by atoms with E-state index in [1.807, 2.05) is 6.20 Å². The maximum Gasteiger partial charge on any atom is 0.197 e. The first kappa shape index (κ1) is 10.5. The summed E-state index contributed by atoms with van der Waals surface area (Å²) >= 11 is 0. The molecule has 2 aromatic heterocycles. The van der Waals surface area contributed by atoms with E-state index in [1.54, 1.807) is 16.6 Å². The second kappa shape index (κ2) is 4.33. The molecular weight excluding hydrogens is 216 g/mol. The van der Waals surface area contributed by atoms with E-state index in [0.29, 0.717) is 11.6 Å². The number of nitrogens with zero attached hydrogens (tertiary/aromatic N) is 3. The lowest BCUT2D eigenvalue weighted by Gasteiger charge is -2.20. The van der Waals surface area contributed by atoms with Crippen LogP contribution in [-0.2, 0) is 6.42 Å². The van der Waals surface area contributed by atoms with Gasteiger partial charge in [0.05, 0.1) is 0 Å². The van der Waals surface area contributed by atoms with Crippen LogP contribution >= 0.6 is 0 Å². The highest BCUT2D eigenvalue weighted by Crippen LogP contribution is 2.19. The summed E-state index contributed by atoms with van der Waals surface area (Å²) in [6.07, 6.45) is 5.08. The molecule has 0 radical (unpaired) electrons. The van der Waals surface area contributed by atoms with Gasteiger partial charge < -0.3 is 10.4 Å². The first-order valence-electron chi connectivity index (χ1n) is 6.07. The molecule has 3 rings (SSSR count). The fourth-order valence-electron chi connectivity index (χ4n) is 2.37. The molecule has 90 valence electrons. The summed E-state index contributed by atoms with van der Waals surface area (Å²) in [7, 11) is 0. The van der Waals surface area contributed by atoms with Gasteiger partial charge in [0.25, 0.3) is 0 Å². The largest absolute Gasteiger partial charge is 0.504 e. The van der Waals surface area contributed by atoms with Crippen LogP contribution in [-0.4, -0.2) is 32.8 Å². The Morgan fingerprint density at radius 1 is 1.41 bits per heavy atom. The Morgan fingerprint density at radius 3 is 3.00 bits per heavy atom.